The van der Waals surface area contributed by atoms with E-state index in [0.717, 1.165) is 13.0 Å². The molecule has 0 saturated carbocycles. The van der Waals surface area contributed by atoms with E-state index in [-0.39, 0.29) is 17.7 Å². The summed E-state index contributed by atoms with van der Waals surface area (Å²) >= 11 is 5.79. The molecule has 1 N–H and O–H groups in total. The molecule has 1 aliphatic heterocycles. The summed E-state index contributed by atoms with van der Waals surface area (Å²) in [4.78, 5) is 12.6. The third-order valence-corrected chi connectivity index (χ3v) is 3.88. The molecule has 0 bridgehead atoms. The molecule has 0 aliphatic carbocycles. The van der Waals surface area contributed by atoms with E-state index < -0.39 is 4.92 Å². The number of nitro groups is 1. The highest BCUT2D eigenvalue weighted by Gasteiger charge is 2.26. The Hall–Kier alpha value is -1.17. The highest BCUT2D eigenvalue weighted by molar-refractivity contribution is 6.30. The van der Waals surface area contributed by atoms with Gasteiger partial charge in [0.05, 0.1) is 11.0 Å². The molecule has 0 aromatic heterocycles. The fraction of sp³-hybridized carbons (Fsp3) is 0.538. The van der Waals surface area contributed by atoms with E-state index in [0.29, 0.717) is 23.7 Å². The zero-order valence-electron chi connectivity index (χ0n) is 10.8. The van der Waals surface area contributed by atoms with Crippen molar-refractivity contribution in [3.63, 3.8) is 0 Å². The number of benzene rings is 1. The zero-order chi connectivity index (χ0) is 14.0. The number of piperidine rings is 1. The predicted octanol–water partition coefficient (Wildman–Crippen LogP) is 2.45. The summed E-state index contributed by atoms with van der Waals surface area (Å²) in [5.41, 5.74) is 0.678. The maximum Gasteiger partial charge on any atom is 0.275 e. The third kappa shape index (κ3) is 3.43. The second-order valence-electron chi connectivity index (χ2n) is 5.10. The summed E-state index contributed by atoms with van der Waals surface area (Å²) in [5, 5.41) is 21.2. The van der Waals surface area contributed by atoms with Gasteiger partial charge in [0.1, 0.15) is 0 Å². The summed E-state index contributed by atoms with van der Waals surface area (Å²) in [5.74, 6) is 0.288. The molecule has 5 nitrogen and oxygen atoms in total. The minimum atomic E-state index is -0.412. The van der Waals surface area contributed by atoms with Crippen LogP contribution in [0.25, 0.3) is 0 Å². The zero-order valence-corrected chi connectivity index (χ0v) is 11.5. The number of hydrogen-bond acceptors (Lipinski definition) is 4. The molecule has 1 aromatic rings. The number of nitro benzene ring substituents is 1. The number of aliphatic hydroxyl groups is 1. The van der Waals surface area contributed by atoms with Crippen molar-refractivity contribution in [1.82, 2.24) is 4.90 Å². The Kier molecular flexibility index (Phi) is 4.39. The molecule has 1 fully saturated rings. The van der Waals surface area contributed by atoms with Crippen LogP contribution in [0.3, 0.4) is 0 Å². The van der Waals surface area contributed by atoms with Gasteiger partial charge in [-0.15, -0.1) is 0 Å². The first-order valence-corrected chi connectivity index (χ1v) is 6.68. The van der Waals surface area contributed by atoms with E-state index >= 15 is 0 Å². The summed E-state index contributed by atoms with van der Waals surface area (Å²) in [6.07, 6.45) is 0.544. The number of rotatable bonds is 3. The number of likely N-dealkylation sites (tertiary alicyclic amines) is 1. The lowest BCUT2D eigenvalue weighted by Gasteiger charge is -2.34. The highest BCUT2D eigenvalue weighted by atomic mass is 35.5. The Bertz CT molecular complexity index is 481. The fourth-order valence-electron chi connectivity index (χ4n) is 2.34. The molecule has 1 heterocycles. The van der Waals surface area contributed by atoms with Crippen molar-refractivity contribution in [3.8, 4) is 0 Å². The smallest absolute Gasteiger partial charge is 0.275 e. The normalized spacial score (nSPS) is 24.4. The molecule has 19 heavy (non-hydrogen) atoms. The Morgan fingerprint density at radius 3 is 2.95 bits per heavy atom. The molecule has 1 aromatic carbocycles. The molecule has 6 heteroatoms. The van der Waals surface area contributed by atoms with Crippen LogP contribution in [0.5, 0.6) is 0 Å². The minimum absolute atomic E-state index is 0.0422. The van der Waals surface area contributed by atoms with Crippen LogP contribution in [-0.2, 0) is 6.54 Å². The standard InChI is InChI=1S/C13H17ClN2O3/c1-9-4-5-15(8-13(9)17)7-10-2-3-11(14)6-12(10)16(18)19/h2-3,6,9,13,17H,4-5,7-8H2,1H3. The first kappa shape index (κ1) is 14.2. The molecular formula is C13H17ClN2O3. The lowest BCUT2D eigenvalue weighted by atomic mass is 9.95. The van der Waals surface area contributed by atoms with E-state index in [2.05, 4.69) is 0 Å². The van der Waals surface area contributed by atoms with Gasteiger partial charge in [-0.05, 0) is 31.0 Å². The van der Waals surface area contributed by atoms with Crippen LogP contribution < -0.4 is 0 Å². The van der Waals surface area contributed by atoms with Crippen LogP contribution in [0.15, 0.2) is 18.2 Å². The molecule has 2 unspecified atom stereocenters. The van der Waals surface area contributed by atoms with Crippen molar-refractivity contribution in [3.05, 3.63) is 38.9 Å². The Labute approximate surface area is 116 Å². The first-order chi connectivity index (χ1) is 8.97. The van der Waals surface area contributed by atoms with E-state index in [1.807, 2.05) is 11.8 Å². The monoisotopic (exact) mass is 284 g/mol. The van der Waals surface area contributed by atoms with E-state index in [1.165, 1.54) is 6.07 Å². The van der Waals surface area contributed by atoms with E-state index in [4.69, 9.17) is 11.6 Å². The second-order valence-corrected chi connectivity index (χ2v) is 5.54. The average Bonchev–Trinajstić information content (AvgIpc) is 2.36. The largest absolute Gasteiger partial charge is 0.392 e. The molecular weight excluding hydrogens is 268 g/mol. The topological polar surface area (TPSA) is 66.6 Å². The maximum atomic E-state index is 11.0. The van der Waals surface area contributed by atoms with Crippen LogP contribution in [0.4, 0.5) is 5.69 Å². The van der Waals surface area contributed by atoms with Crippen molar-refractivity contribution in [2.24, 2.45) is 5.92 Å². The van der Waals surface area contributed by atoms with Gasteiger partial charge in [-0.3, -0.25) is 15.0 Å². The Morgan fingerprint density at radius 1 is 1.58 bits per heavy atom. The van der Waals surface area contributed by atoms with Gasteiger partial charge in [0.15, 0.2) is 0 Å². The van der Waals surface area contributed by atoms with Gasteiger partial charge in [0.25, 0.3) is 5.69 Å². The van der Waals surface area contributed by atoms with Crippen LogP contribution >= 0.6 is 11.6 Å². The van der Waals surface area contributed by atoms with Crippen molar-refractivity contribution in [1.29, 1.82) is 0 Å². The predicted molar refractivity (Wildman–Crippen MR) is 73.2 cm³/mol. The van der Waals surface area contributed by atoms with Crippen molar-refractivity contribution in [2.75, 3.05) is 13.1 Å². The molecule has 2 rings (SSSR count). The number of halogens is 1. The van der Waals surface area contributed by atoms with Gasteiger partial charge in [-0.2, -0.15) is 0 Å². The number of β-amino-alcohol motifs (C(OH)–C–C–N with tert-alkyl or cyclic N) is 1. The molecule has 1 saturated heterocycles. The molecule has 1 aliphatic rings. The first-order valence-electron chi connectivity index (χ1n) is 6.30. The van der Waals surface area contributed by atoms with Crippen LogP contribution in [-0.4, -0.2) is 34.1 Å². The molecule has 0 radical (unpaired) electrons. The van der Waals surface area contributed by atoms with Crippen molar-refractivity contribution >= 4 is 17.3 Å². The fourth-order valence-corrected chi connectivity index (χ4v) is 2.51. The molecule has 104 valence electrons. The van der Waals surface area contributed by atoms with Gasteiger partial charge in [-0.1, -0.05) is 18.5 Å². The summed E-state index contributed by atoms with van der Waals surface area (Å²) in [6, 6.07) is 4.72. The van der Waals surface area contributed by atoms with E-state index in [1.54, 1.807) is 12.1 Å². The maximum absolute atomic E-state index is 11.0. The number of nitrogens with zero attached hydrogens (tertiary/aromatic N) is 2. The summed E-state index contributed by atoms with van der Waals surface area (Å²) < 4.78 is 0. The Morgan fingerprint density at radius 2 is 2.32 bits per heavy atom. The average molecular weight is 285 g/mol. The van der Waals surface area contributed by atoms with E-state index in [9.17, 15) is 15.2 Å². The second kappa shape index (κ2) is 5.86. The molecule has 0 spiro atoms. The minimum Gasteiger partial charge on any atom is -0.392 e. The van der Waals surface area contributed by atoms with Gasteiger partial charge < -0.3 is 5.11 Å². The molecule has 0 amide bonds. The van der Waals surface area contributed by atoms with Crippen molar-refractivity contribution in [2.45, 2.75) is 26.0 Å². The number of hydrogen-bond donors (Lipinski definition) is 1. The van der Waals surface area contributed by atoms with Crippen LogP contribution in [0.2, 0.25) is 5.02 Å². The van der Waals surface area contributed by atoms with Crippen LogP contribution in [0, 0.1) is 16.0 Å². The Balaban J connectivity index is 2.13. The lowest BCUT2D eigenvalue weighted by molar-refractivity contribution is -0.385. The van der Waals surface area contributed by atoms with Crippen LogP contribution in [0.1, 0.15) is 18.9 Å². The highest BCUT2D eigenvalue weighted by Crippen LogP contribution is 2.26. The van der Waals surface area contributed by atoms with Gasteiger partial charge in [0, 0.05) is 29.7 Å². The van der Waals surface area contributed by atoms with Gasteiger partial charge >= 0.3 is 0 Å². The number of aliphatic hydroxyl groups excluding tert-OH is 1. The lowest BCUT2D eigenvalue weighted by Crippen LogP contribution is -2.42. The van der Waals surface area contributed by atoms with Crippen molar-refractivity contribution < 1.29 is 10.0 Å². The summed E-state index contributed by atoms with van der Waals surface area (Å²) in [7, 11) is 0. The van der Waals surface area contributed by atoms with Gasteiger partial charge in [0.2, 0.25) is 0 Å². The third-order valence-electron chi connectivity index (χ3n) is 3.64. The quantitative estimate of drug-likeness (QED) is 0.684. The SMILES string of the molecule is CC1CCN(Cc2ccc(Cl)cc2[N+](=O)[O-])CC1O. The summed E-state index contributed by atoms with van der Waals surface area (Å²) in [6.45, 7) is 3.89. The molecule has 2 atom stereocenters. The van der Waals surface area contributed by atoms with Gasteiger partial charge in [-0.25, -0.2) is 0 Å².